The van der Waals surface area contributed by atoms with Crippen molar-refractivity contribution in [2.75, 3.05) is 11.8 Å². The highest BCUT2D eigenvalue weighted by Gasteiger charge is 2.21. The Bertz CT molecular complexity index is 1310. The van der Waals surface area contributed by atoms with E-state index in [1.165, 1.54) is 36.3 Å². The van der Waals surface area contributed by atoms with Crippen molar-refractivity contribution >= 4 is 33.0 Å². The predicted molar refractivity (Wildman–Crippen MR) is 124 cm³/mol. The first-order chi connectivity index (χ1) is 15.0. The molecule has 166 valence electrons. The van der Waals surface area contributed by atoms with Gasteiger partial charge in [-0.05, 0) is 47.2 Å². The second-order valence-corrected chi connectivity index (χ2v) is 10.4. The minimum atomic E-state index is -4.01. The fraction of sp³-hybridized carbons (Fsp3) is 0.217. The van der Waals surface area contributed by atoms with Crippen LogP contribution in [0.25, 0.3) is 0 Å². The van der Waals surface area contributed by atoms with E-state index < -0.39 is 16.0 Å². The maximum atomic E-state index is 12.7. The minimum Gasteiger partial charge on any atom is -0.495 e. The number of rotatable bonds is 5. The normalized spacial score (nSPS) is 11.4. The van der Waals surface area contributed by atoms with Gasteiger partial charge in [-0.1, -0.05) is 38.8 Å². The van der Waals surface area contributed by atoms with Gasteiger partial charge in [-0.15, -0.1) is 11.3 Å². The van der Waals surface area contributed by atoms with Crippen LogP contribution in [0.3, 0.4) is 0 Å². The van der Waals surface area contributed by atoms with Crippen LogP contribution >= 0.6 is 11.3 Å². The molecule has 0 aliphatic heterocycles. The second-order valence-electron chi connectivity index (χ2n) is 7.89. The lowest BCUT2D eigenvalue weighted by molar-refractivity contribution is 0.0696. The predicted octanol–water partition coefficient (Wildman–Crippen LogP) is 4.35. The SMILES string of the molecule is COc1cc(C(=O)O)ccc1NS(=O)(=O)c1csc(C#Cc2ccc(C(C)(C)C)cc2)n1. The van der Waals surface area contributed by atoms with E-state index in [9.17, 15) is 13.2 Å². The first-order valence-corrected chi connectivity index (χ1v) is 11.9. The van der Waals surface area contributed by atoms with Crippen LogP contribution in [-0.4, -0.2) is 31.6 Å². The fourth-order valence-electron chi connectivity index (χ4n) is 2.72. The maximum Gasteiger partial charge on any atom is 0.335 e. The van der Waals surface area contributed by atoms with Crippen LogP contribution in [0.4, 0.5) is 5.69 Å². The molecule has 0 bridgehead atoms. The number of carboxylic acid groups (broad SMARTS) is 1. The van der Waals surface area contributed by atoms with Crippen LogP contribution in [0.1, 0.15) is 47.3 Å². The zero-order valence-electron chi connectivity index (χ0n) is 18.0. The van der Waals surface area contributed by atoms with Gasteiger partial charge in [0.15, 0.2) is 10.0 Å². The molecular weight excluding hydrogens is 448 g/mol. The first kappa shape index (κ1) is 23.3. The Balaban J connectivity index is 1.79. The molecule has 0 atom stereocenters. The van der Waals surface area contributed by atoms with Crippen LogP contribution in [-0.2, 0) is 15.4 Å². The fourth-order valence-corrected chi connectivity index (χ4v) is 4.73. The van der Waals surface area contributed by atoms with E-state index in [0.29, 0.717) is 5.01 Å². The number of nitrogens with zero attached hydrogens (tertiary/aromatic N) is 1. The van der Waals surface area contributed by atoms with Crippen molar-refractivity contribution in [3.63, 3.8) is 0 Å². The minimum absolute atomic E-state index is 0.0217. The monoisotopic (exact) mass is 470 g/mol. The van der Waals surface area contributed by atoms with Crippen LogP contribution in [0.5, 0.6) is 5.75 Å². The molecule has 0 saturated carbocycles. The van der Waals surface area contributed by atoms with E-state index in [2.05, 4.69) is 42.3 Å². The summed E-state index contributed by atoms with van der Waals surface area (Å²) in [5, 5.41) is 10.6. The van der Waals surface area contributed by atoms with E-state index in [4.69, 9.17) is 9.84 Å². The van der Waals surface area contributed by atoms with Gasteiger partial charge >= 0.3 is 5.97 Å². The summed E-state index contributed by atoms with van der Waals surface area (Å²) in [5.74, 6) is 4.83. The number of thiazole rings is 1. The summed E-state index contributed by atoms with van der Waals surface area (Å²) in [5.41, 5.74) is 2.14. The number of ether oxygens (including phenoxy) is 1. The molecule has 7 nitrogen and oxygen atoms in total. The van der Waals surface area contributed by atoms with Gasteiger partial charge in [0.2, 0.25) is 0 Å². The Morgan fingerprint density at radius 3 is 2.41 bits per heavy atom. The van der Waals surface area contributed by atoms with Crippen molar-refractivity contribution in [2.24, 2.45) is 0 Å². The zero-order chi connectivity index (χ0) is 23.5. The number of aromatic carboxylic acids is 1. The van der Waals surface area contributed by atoms with Gasteiger partial charge in [-0.3, -0.25) is 4.72 Å². The van der Waals surface area contributed by atoms with Gasteiger partial charge in [-0.2, -0.15) is 8.42 Å². The Hall–Kier alpha value is -3.35. The number of nitrogens with one attached hydrogen (secondary N) is 1. The standard InChI is InChI=1S/C23H22N2O5S2/c1-23(2,3)17-9-5-15(6-10-17)7-12-20-24-21(14-31-20)32(28,29)25-18-11-8-16(22(26)27)13-19(18)30-4/h5-6,8-11,13-14,25H,1-4H3,(H,26,27). The summed E-state index contributed by atoms with van der Waals surface area (Å²) in [6.45, 7) is 6.40. The molecule has 0 aliphatic rings. The molecule has 0 aliphatic carbocycles. The molecule has 0 spiro atoms. The molecule has 0 unspecified atom stereocenters. The van der Waals surface area contributed by atoms with Crippen molar-refractivity contribution in [1.82, 2.24) is 4.98 Å². The molecule has 0 saturated heterocycles. The van der Waals surface area contributed by atoms with E-state index in [1.807, 2.05) is 24.3 Å². The topological polar surface area (TPSA) is 106 Å². The van der Waals surface area contributed by atoms with E-state index in [-0.39, 0.29) is 27.4 Å². The number of hydrogen-bond donors (Lipinski definition) is 2. The molecule has 0 amide bonds. The molecule has 3 aromatic rings. The average molecular weight is 471 g/mol. The summed E-state index contributed by atoms with van der Waals surface area (Å²) >= 11 is 1.12. The number of carbonyl (C=O) groups is 1. The molecule has 3 rings (SSSR count). The van der Waals surface area contributed by atoms with Crippen molar-refractivity contribution in [2.45, 2.75) is 31.2 Å². The quantitative estimate of drug-likeness (QED) is 0.537. The number of aromatic nitrogens is 1. The molecular formula is C23H22N2O5S2. The van der Waals surface area contributed by atoms with Crippen LogP contribution < -0.4 is 9.46 Å². The van der Waals surface area contributed by atoms with Crippen molar-refractivity contribution in [1.29, 1.82) is 0 Å². The molecule has 2 aromatic carbocycles. The van der Waals surface area contributed by atoms with Gasteiger partial charge < -0.3 is 9.84 Å². The lowest BCUT2D eigenvalue weighted by Crippen LogP contribution is -2.14. The van der Waals surface area contributed by atoms with Crippen LogP contribution in [0, 0.1) is 11.8 Å². The third kappa shape index (κ3) is 5.46. The van der Waals surface area contributed by atoms with Crippen molar-refractivity contribution < 1.29 is 23.1 Å². The van der Waals surface area contributed by atoms with Gasteiger partial charge in [0, 0.05) is 10.9 Å². The summed E-state index contributed by atoms with van der Waals surface area (Å²) < 4.78 is 32.9. The third-order valence-electron chi connectivity index (χ3n) is 4.52. The third-order valence-corrected chi connectivity index (χ3v) is 6.67. The van der Waals surface area contributed by atoms with Gasteiger partial charge in [0.05, 0.1) is 18.4 Å². The Morgan fingerprint density at radius 1 is 1.12 bits per heavy atom. The Labute approximate surface area is 191 Å². The number of methoxy groups -OCH3 is 1. The summed E-state index contributed by atoms with van der Waals surface area (Å²) in [6.07, 6.45) is 0. The number of sulfonamides is 1. The summed E-state index contributed by atoms with van der Waals surface area (Å²) in [6, 6.07) is 11.7. The van der Waals surface area contributed by atoms with Gasteiger partial charge in [0.25, 0.3) is 10.0 Å². The molecule has 1 aromatic heterocycles. The highest BCUT2D eigenvalue weighted by molar-refractivity contribution is 7.92. The summed E-state index contributed by atoms with van der Waals surface area (Å²) in [4.78, 5) is 15.2. The van der Waals surface area contributed by atoms with E-state index >= 15 is 0 Å². The zero-order valence-corrected chi connectivity index (χ0v) is 19.6. The average Bonchev–Trinajstić information content (AvgIpc) is 3.22. The lowest BCUT2D eigenvalue weighted by atomic mass is 9.87. The lowest BCUT2D eigenvalue weighted by Gasteiger charge is -2.18. The number of anilines is 1. The largest absolute Gasteiger partial charge is 0.495 e. The number of hydrogen-bond acceptors (Lipinski definition) is 6. The smallest absolute Gasteiger partial charge is 0.335 e. The van der Waals surface area contributed by atoms with Gasteiger partial charge in [0.1, 0.15) is 5.75 Å². The maximum absolute atomic E-state index is 12.7. The molecule has 2 N–H and O–H groups in total. The first-order valence-electron chi connectivity index (χ1n) is 9.52. The highest BCUT2D eigenvalue weighted by atomic mass is 32.2. The second kappa shape index (κ2) is 9.02. The number of carboxylic acids is 1. The molecule has 0 fully saturated rings. The van der Waals surface area contributed by atoms with Gasteiger partial charge in [-0.25, -0.2) is 9.78 Å². The van der Waals surface area contributed by atoms with Crippen LogP contribution in [0.2, 0.25) is 0 Å². The van der Waals surface area contributed by atoms with E-state index in [0.717, 1.165) is 16.9 Å². The highest BCUT2D eigenvalue weighted by Crippen LogP contribution is 2.28. The van der Waals surface area contributed by atoms with Crippen molar-refractivity contribution in [3.8, 4) is 17.6 Å². The number of benzene rings is 2. The van der Waals surface area contributed by atoms with E-state index in [1.54, 1.807) is 0 Å². The molecule has 32 heavy (non-hydrogen) atoms. The Kier molecular flexibility index (Phi) is 6.57. The Morgan fingerprint density at radius 2 is 1.81 bits per heavy atom. The molecule has 1 heterocycles. The van der Waals surface area contributed by atoms with Crippen LogP contribution in [0.15, 0.2) is 52.9 Å². The molecule has 9 heteroatoms. The van der Waals surface area contributed by atoms with Crippen molar-refractivity contribution in [3.05, 3.63) is 69.5 Å². The summed E-state index contributed by atoms with van der Waals surface area (Å²) in [7, 11) is -2.69. The molecule has 0 radical (unpaired) electrons.